The van der Waals surface area contributed by atoms with Gasteiger partial charge in [-0.25, -0.2) is 0 Å². The van der Waals surface area contributed by atoms with Gasteiger partial charge in [0.25, 0.3) is 0 Å². The number of phenols is 2. The highest BCUT2D eigenvalue weighted by molar-refractivity contribution is 5.59. The van der Waals surface area contributed by atoms with E-state index in [0.29, 0.717) is 29.5 Å². The van der Waals surface area contributed by atoms with Gasteiger partial charge in [-0.2, -0.15) is 0 Å². The van der Waals surface area contributed by atoms with Crippen molar-refractivity contribution >= 4 is 11.4 Å². The maximum absolute atomic E-state index is 9.26. The summed E-state index contributed by atoms with van der Waals surface area (Å²) in [6, 6.07) is 6.41. The van der Waals surface area contributed by atoms with Gasteiger partial charge in [-0.05, 0) is 44.0 Å². The number of nitrogen functional groups attached to an aromatic ring is 2. The van der Waals surface area contributed by atoms with E-state index in [1.807, 2.05) is 6.92 Å². The molecule has 0 aliphatic heterocycles. The molecule has 0 heterocycles. The number of benzene rings is 2. The lowest BCUT2D eigenvalue weighted by molar-refractivity contribution is 0.341. The summed E-state index contributed by atoms with van der Waals surface area (Å²) < 4.78 is 10.2. The minimum Gasteiger partial charge on any atom is -0.508 e. The van der Waals surface area contributed by atoms with E-state index in [1.54, 1.807) is 33.1 Å². The minimum atomic E-state index is 0.198. The summed E-state index contributed by atoms with van der Waals surface area (Å²) in [6.07, 6.45) is 0. The highest BCUT2D eigenvalue weighted by Crippen LogP contribution is 2.29. The number of nitrogens with two attached hydrogens (primary N) is 2. The van der Waals surface area contributed by atoms with E-state index in [9.17, 15) is 10.2 Å². The van der Waals surface area contributed by atoms with Crippen LogP contribution in [-0.4, -0.2) is 23.9 Å². The summed E-state index contributed by atoms with van der Waals surface area (Å²) in [4.78, 5) is 0. The van der Waals surface area contributed by atoms with E-state index in [0.717, 1.165) is 11.1 Å². The second-order valence-electron chi connectivity index (χ2n) is 4.99. The van der Waals surface area contributed by atoms with Crippen LogP contribution in [-0.2, 0) is 0 Å². The summed E-state index contributed by atoms with van der Waals surface area (Å²) in [5.41, 5.74) is 13.6. The zero-order chi connectivity index (χ0) is 17.6. The fraction of sp³-hybridized carbons (Fsp3) is 0.294. The van der Waals surface area contributed by atoms with Crippen LogP contribution in [0.4, 0.5) is 11.4 Å². The molecule has 0 aromatic heterocycles. The fourth-order valence-corrected chi connectivity index (χ4v) is 1.83. The maximum atomic E-state index is 9.26. The predicted molar refractivity (Wildman–Crippen MR) is 92.2 cm³/mol. The van der Waals surface area contributed by atoms with Crippen LogP contribution in [0.15, 0.2) is 24.3 Å². The lowest BCUT2D eigenvalue weighted by Gasteiger charge is -2.08. The van der Waals surface area contributed by atoms with Gasteiger partial charge in [-0.15, -0.1) is 0 Å². The van der Waals surface area contributed by atoms with E-state index in [4.69, 9.17) is 20.9 Å². The Balaban J connectivity index is 0.000000231. The molecule has 0 fully saturated rings. The highest BCUT2D eigenvalue weighted by atomic mass is 16.5. The van der Waals surface area contributed by atoms with Crippen molar-refractivity contribution in [3.63, 3.8) is 0 Å². The average molecular weight is 320 g/mol. The normalized spacial score (nSPS) is 9.74. The summed E-state index contributed by atoms with van der Waals surface area (Å²) in [5.74, 6) is 1.63. The number of rotatable bonds is 3. The van der Waals surface area contributed by atoms with Crippen molar-refractivity contribution < 1.29 is 19.7 Å². The number of methoxy groups -OCH3 is 1. The summed E-state index contributed by atoms with van der Waals surface area (Å²) in [7, 11) is 1.54. The number of hydrogen-bond donors (Lipinski definition) is 4. The second kappa shape index (κ2) is 8.03. The van der Waals surface area contributed by atoms with Gasteiger partial charge in [0, 0.05) is 12.1 Å². The van der Waals surface area contributed by atoms with Gasteiger partial charge in [0.1, 0.15) is 23.0 Å². The molecule has 6 nitrogen and oxygen atoms in total. The molecule has 0 saturated carbocycles. The van der Waals surface area contributed by atoms with E-state index in [1.165, 1.54) is 12.1 Å². The predicted octanol–water partition coefficient (Wildman–Crippen LogP) is 2.97. The van der Waals surface area contributed by atoms with Gasteiger partial charge in [0.05, 0.1) is 25.1 Å². The molecule has 0 atom stereocenters. The Morgan fingerprint density at radius 1 is 0.870 bits per heavy atom. The van der Waals surface area contributed by atoms with E-state index in [2.05, 4.69) is 0 Å². The third-order valence-corrected chi connectivity index (χ3v) is 3.18. The first kappa shape index (κ1) is 18.3. The fourth-order valence-electron chi connectivity index (χ4n) is 1.83. The van der Waals surface area contributed by atoms with Crippen molar-refractivity contribution in [2.24, 2.45) is 0 Å². The molecule has 0 aliphatic carbocycles. The summed E-state index contributed by atoms with van der Waals surface area (Å²) >= 11 is 0. The quantitative estimate of drug-likeness (QED) is 0.647. The minimum absolute atomic E-state index is 0.198. The number of aryl methyl sites for hydroxylation is 2. The molecule has 2 aromatic rings. The van der Waals surface area contributed by atoms with Crippen molar-refractivity contribution in [3.05, 3.63) is 35.4 Å². The average Bonchev–Trinajstić information content (AvgIpc) is 2.49. The first-order valence-corrected chi connectivity index (χ1v) is 7.15. The zero-order valence-corrected chi connectivity index (χ0v) is 13.9. The van der Waals surface area contributed by atoms with Crippen LogP contribution >= 0.6 is 0 Å². The first-order chi connectivity index (χ1) is 10.8. The Hall–Kier alpha value is -2.76. The van der Waals surface area contributed by atoms with Crippen LogP contribution in [0.3, 0.4) is 0 Å². The SMILES string of the molecule is CCOc1cc(C)c(O)cc1N.COc1cc(C)c(O)cc1N. The lowest BCUT2D eigenvalue weighted by Crippen LogP contribution is -1.97. The zero-order valence-electron chi connectivity index (χ0n) is 13.9. The van der Waals surface area contributed by atoms with Gasteiger partial charge in [0.15, 0.2) is 0 Å². The molecule has 6 heteroatoms. The number of ether oxygens (including phenoxy) is 2. The molecule has 23 heavy (non-hydrogen) atoms. The van der Waals surface area contributed by atoms with Crippen LogP contribution in [0.2, 0.25) is 0 Å². The molecular weight excluding hydrogens is 296 g/mol. The lowest BCUT2D eigenvalue weighted by atomic mass is 10.2. The number of hydrogen-bond acceptors (Lipinski definition) is 6. The Morgan fingerprint density at radius 2 is 1.30 bits per heavy atom. The van der Waals surface area contributed by atoms with Gasteiger partial charge in [-0.1, -0.05) is 0 Å². The third-order valence-electron chi connectivity index (χ3n) is 3.18. The van der Waals surface area contributed by atoms with Crippen molar-refractivity contribution in [2.45, 2.75) is 20.8 Å². The van der Waals surface area contributed by atoms with Crippen LogP contribution in [0.25, 0.3) is 0 Å². The number of phenolic OH excluding ortho intramolecular Hbond substituents is 2. The molecule has 2 aromatic carbocycles. The molecule has 126 valence electrons. The Labute approximate surface area is 136 Å². The van der Waals surface area contributed by atoms with Gasteiger partial charge in [-0.3, -0.25) is 0 Å². The third kappa shape index (κ3) is 4.88. The molecule has 2 rings (SSSR count). The Morgan fingerprint density at radius 3 is 1.74 bits per heavy atom. The smallest absolute Gasteiger partial charge is 0.142 e. The van der Waals surface area contributed by atoms with E-state index < -0.39 is 0 Å². The van der Waals surface area contributed by atoms with Crippen molar-refractivity contribution in [2.75, 3.05) is 25.2 Å². The van der Waals surface area contributed by atoms with Crippen LogP contribution < -0.4 is 20.9 Å². The number of anilines is 2. The maximum Gasteiger partial charge on any atom is 0.142 e. The first-order valence-electron chi connectivity index (χ1n) is 7.15. The molecule has 0 spiro atoms. The standard InChI is InChI=1S/C9H13NO2.C8H11NO2/c1-3-12-9-4-6(2)8(11)5-7(9)10;1-5-3-8(11-2)6(9)4-7(5)10/h4-5,11H,3,10H2,1-2H3;3-4,10H,9H2,1-2H3. The molecule has 0 radical (unpaired) electrons. The molecule has 0 amide bonds. The molecular formula is C17H24N2O4. The molecule has 0 unspecified atom stereocenters. The van der Waals surface area contributed by atoms with Gasteiger partial charge in [0.2, 0.25) is 0 Å². The van der Waals surface area contributed by atoms with Crippen molar-refractivity contribution in [1.82, 2.24) is 0 Å². The monoisotopic (exact) mass is 320 g/mol. The van der Waals surface area contributed by atoms with Gasteiger partial charge >= 0.3 is 0 Å². The topological polar surface area (TPSA) is 111 Å². The van der Waals surface area contributed by atoms with Crippen LogP contribution in [0, 0.1) is 13.8 Å². The molecule has 0 aliphatic rings. The molecule has 0 saturated heterocycles. The van der Waals surface area contributed by atoms with E-state index >= 15 is 0 Å². The number of aromatic hydroxyl groups is 2. The molecule has 0 bridgehead atoms. The second-order valence-corrected chi connectivity index (χ2v) is 4.99. The van der Waals surface area contributed by atoms with Crippen molar-refractivity contribution in [3.8, 4) is 23.0 Å². The van der Waals surface area contributed by atoms with E-state index in [-0.39, 0.29) is 11.5 Å². The summed E-state index contributed by atoms with van der Waals surface area (Å²) in [5, 5.41) is 18.4. The summed E-state index contributed by atoms with van der Waals surface area (Å²) in [6.45, 7) is 6.06. The Kier molecular flexibility index (Phi) is 6.38. The largest absolute Gasteiger partial charge is 0.508 e. The molecule has 6 N–H and O–H groups in total. The van der Waals surface area contributed by atoms with Crippen LogP contribution in [0.5, 0.6) is 23.0 Å². The highest BCUT2D eigenvalue weighted by Gasteiger charge is 2.04. The van der Waals surface area contributed by atoms with Crippen molar-refractivity contribution in [1.29, 1.82) is 0 Å². The Bertz CT molecular complexity index is 672. The van der Waals surface area contributed by atoms with Crippen LogP contribution in [0.1, 0.15) is 18.1 Å². The van der Waals surface area contributed by atoms with Gasteiger partial charge < -0.3 is 31.2 Å².